The molecule has 66 valence electrons. The molecule has 0 saturated carbocycles. The van der Waals surface area contributed by atoms with E-state index in [1.807, 2.05) is 10.7 Å². The highest BCUT2D eigenvalue weighted by Crippen LogP contribution is 2.18. The van der Waals surface area contributed by atoms with Gasteiger partial charge in [-0.1, -0.05) is 0 Å². The van der Waals surface area contributed by atoms with Gasteiger partial charge in [0.2, 0.25) is 0 Å². The summed E-state index contributed by atoms with van der Waals surface area (Å²) >= 11 is 0. The van der Waals surface area contributed by atoms with Crippen LogP contribution in [0.15, 0.2) is 12.3 Å². The molecule has 1 atom stereocenters. The van der Waals surface area contributed by atoms with Gasteiger partial charge >= 0.3 is 0 Å². The number of nitrogens with zero attached hydrogens (tertiary/aromatic N) is 2. The fourth-order valence-corrected chi connectivity index (χ4v) is 1.67. The van der Waals surface area contributed by atoms with Crippen LogP contribution in [0.5, 0.6) is 0 Å². The Morgan fingerprint density at radius 2 is 2.58 bits per heavy atom. The molecule has 12 heavy (non-hydrogen) atoms. The van der Waals surface area contributed by atoms with Crippen molar-refractivity contribution in [3.05, 3.63) is 12.3 Å². The van der Waals surface area contributed by atoms with Gasteiger partial charge in [0, 0.05) is 6.54 Å². The summed E-state index contributed by atoms with van der Waals surface area (Å²) in [7, 11) is 0. The Hall–Kier alpha value is -1.03. The fraction of sp³-hybridized carbons (Fsp3) is 0.625. The lowest BCUT2D eigenvalue weighted by atomic mass is 10.1. The molecule has 0 bridgehead atoms. The third-order valence-corrected chi connectivity index (χ3v) is 2.32. The van der Waals surface area contributed by atoms with Gasteiger partial charge in [-0.15, -0.1) is 0 Å². The average molecular weight is 166 g/mol. The molecule has 2 rings (SSSR count). The molecule has 1 aromatic heterocycles. The van der Waals surface area contributed by atoms with E-state index in [1.165, 1.54) is 12.8 Å². The summed E-state index contributed by atoms with van der Waals surface area (Å²) in [5.41, 5.74) is 5.74. The zero-order chi connectivity index (χ0) is 8.39. The van der Waals surface area contributed by atoms with Crippen molar-refractivity contribution in [2.24, 2.45) is 0 Å². The van der Waals surface area contributed by atoms with Gasteiger partial charge in [0.1, 0.15) is 5.82 Å². The van der Waals surface area contributed by atoms with Gasteiger partial charge in [0.05, 0.1) is 12.2 Å². The molecule has 1 aromatic rings. The van der Waals surface area contributed by atoms with E-state index in [-0.39, 0.29) is 0 Å². The number of aromatic nitrogens is 2. The monoisotopic (exact) mass is 166 g/mol. The fourth-order valence-electron chi connectivity index (χ4n) is 1.67. The Balaban J connectivity index is 2.13. The molecule has 1 saturated heterocycles. The normalized spacial score (nSPS) is 24.2. The largest absolute Gasteiger partial charge is 0.384 e. The van der Waals surface area contributed by atoms with Crippen molar-refractivity contribution >= 4 is 5.82 Å². The topological polar surface area (TPSA) is 55.9 Å². The van der Waals surface area contributed by atoms with Crippen LogP contribution < -0.4 is 11.1 Å². The first-order valence-corrected chi connectivity index (χ1v) is 4.37. The van der Waals surface area contributed by atoms with Gasteiger partial charge in [-0.05, 0) is 25.5 Å². The van der Waals surface area contributed by atoms with Gasteiger partial charge in [-0.3, -0.25) is 0 Å². The third kappa shape index (κ3) is 1.30. The van der Waals surface area contributed by atoms with E-state index in [1.54, 1.807) is 6.20 Å². The molecule has 4 heteroatoms. The van der Waals surface area contributed by atoms with E-state index in [0.29, 0.717) is 6.04 Å². The second-order valence-electron chi connectivity index (χ2n) is 3.20. The Kier molecular flexibility index (Phi) is 1.99. The van der Waals surface area contributed by atoms with Crippen LogP contribution in [-0.2, 0) is 0 Å². The van der Waals surface area contributed by atoms with Gasteiger partial charge < -0.3 is 11.1 Å². The summed E-state index contributed by atoms with van der Waals surface area (Å²) < 4.78 is 1.91. The summed E-state index contributed by atoms with van der Waals surface area (Å²) in [6.45, 7) is 2.11. The van der Waals surface area contributed by atoms with Gasteiger partial charge in [0.25, 0.3) is 0 Å². The molecule has 0 spiro atoms. The first-order valence-electron chi connectivity index (χ1n) is 4.37. The van der Waals surface area contributed by atoms with E-state index in [4.69, 9.17) is 5.73 Å². The molecule has 4 nitrogen and oxygen atoms in total. The van der Waals surface area contributed by atoms with Crippen LogP contribution in [0, 0.1) is 0 Å². The van der Waals surface area contributed by atoms with Crippen molar-refractivity contribution in [3.8, 4) is 0 Å². The minimum absolute atomic E-state index is 0.453. The first-order chi connectivity index (χ1) is 5.88. The highest BCUT2D eigenvalue weighted by atomic mass is 15.3. The minimum atomic E-state index is 0.453. The number of nitrogens with one attached hydrogen (secondary N) is 1. The predicted octanol–water partition coefficient (Wildman–Crippen LogP) is 0.390. The number of rotatable bonds is 1. The molecule has 0 radical (unpaired) electrons. The molecule has 0 aromatic carbocycles. The molecule has 1 fully saturated rings. The molecule has 1 aliphatic heterocycles. The van der Waals surface area contributed by atoms with E-state index in [2.05, 4.69) is 10.4 Å². The smallest absolute Gasteiger partial charge is 0.122 e. The first kappa shape index (κ1) is 7.61. The predicted molar refractivity (Wildman–Crippen MR) is 47.8 cm³/mol. The summed E-state index contributed by atoms with van der Waals surface area (Å²) in [5.74, 6) is 0.767. The molecular formula is C8H14N4. The maximum atomic E-state index is 5.74. The van der Waals surface area contributed by atoms with Crippen LogP contribution in [0.3, 0.4) is 0 Å². The molecule has 0 aliphatic carbocycles. The Labute approximate surface area is 71.7 Å². The zero-order valence-electron chi connectivity index (χ0n) is 7.03. The van der Waals surface area contributed by atoms with E-state index in [0.717, 1.165) is 18.9 Å². The van der Waals surface area contributed by atoms with Crippen LogP contribution in [0.4, 0.5) is 5.82 Å². The third-order valence-electron chi connectivity index (χ3n) is 2.32. The minimum Gasteiger partial charge on any atom is -0.384 e. The van der Waals surface area contributed by atoms with Crippen molar-refractivity contribution in [1.29, 1.82) is 0 Å². The maximum Gasteiger partial charge on any atom is 0.122 e. The molecule has 0 unspecified atom stereocenters. The van der Waals surface area contributed by atoms with Crippen molar-refractivity contribution in [1.82, 2.24) is 15.1 Å². The van der Waals surface area contributed by atoms with Crippen LogP contribution >= 0.6 is 0 Å². The van der Waals surface area contributed by atoms with Crippen LogP contribution in [0.25, 0.3) is 0 Å². The SMILES string of the molecule is Nc1ccnn1[C@@H]1CCCNC1. The summed E-state index contributed by atoms with van der Waals surface area (Å²) in [6.07, 6.45) is 4.15. The van der Waals surface area contributed by atoms with Gasteiger partial charge in [0.15, 0.2) is 0 Å². The molecule has 3 N–H and O–H groups in total. The van der Waals surface area contributed by atoms with Gasteiger partial charge in [-0.25, -0.2) is 4.68 Å². The molecular weight excluding hydrogens is 152 g/mol. The molecule has 0 amide bonds. The van der Waals surface area contributed by atoms with Crippen LogP contribution in [0.2, 0.25) is 0 Å². The highest BCUT2D eigenvalue weighted by molar-refractivity contribution is 5.26. The lowest BCUT2D eigenvalue weighted by Gasteiger charge is -2.23. The standard InChI is InChI=1S/C8H14N4/c9-8-3-5-11-12(8)7-2-1-4-10-6-7/h3,5,7,10H,1-2,4,6,9H2/t7-/m1/s1. The lowest BCUT2D eigenvalue weighted by Crippen LogP contribution is -2.32. The number of piperidine rings is 1. The lowest BCUT2D eigenvalue weighted by molar-refractivity contribution is 0.350. The van der Waals surface area contributed by atoms with E-state index >= 15 is 0 Å². The molecule has 1 aliphatic rings. The van der Waals surface area contributed by atoms with Gasteiger partial charge in [-0.2, -0.15) is 5.10 Å². The van der Waals surface area contributed by atoms with Crippen molar-refractivity contribution < 1.29 is 0 Å². The van der Waals surface area contributed by atoms with Crippen molar-refractivity contribution in [2.45, 2.75) is 18.9 Å². The van der Waals surface area contributed by atoms with Crippen LogP contribution in [-0.4, -0.2) is 22.9 Å². The summed E-state index contributed by atoms with van der Waals surface area (Å²) in [4.78, 5) is 0. The van der Waals surface area contributed by atoms with E-state index < -0.39 is 0 Å². The number of hydrogen-bond donors (Lipinski definition) is 2. The number of hydrogen-bond acceptors (Lipinski definition) is 3. The Bertz CT molecular complexity index is 249. The zero-order valence-corrected chi connectivity index (χ0v) is 7.03. The Morgan fingerprint density at radius 1 is 1.67 bits per heavy atom. The van der Waals surface area contributed by atoms with Crippen LogP contribution in [0.1, 0.15) is 18.9 Å². The number of nitrogen functional groups attached to an aromatic ring is 1. The molecule has 2 heterocycles. The highest BCUT2D eigenvalue weighted by Gasteiger charge is 2.16. The van der Waals surface area contributed by atoms with E-state index in [9.17, 15) is 0 Å². The second-order valence-corrected chi connectivity index (χ2v) is 3.20. The average Bonchev–Trinajstić information content (AvgIpc) is 2.53. The van der Waals surface area contributed by atoms with Crippen molar-refractivity contribution in [2.75, 3.05) is 18.8 Å². The Morgan fingerprint density at radius 3 is 3.17 bits per heavy atom. The van der Waals surface area contributed by atoms with Crippen molar-refractivity contribution in [3.63, 3.8) is 0 Å². The number of anilines is 1. The maximum absolute atomic E-state index is 5.74. The second kappa shape index (κ2) is 3.15. The quantitative estimate of drug-likeness (QED) is 0.634. The number of nitrogens with two attached hydrogens (primary N) is 1. The summed E-state index contributed by atoms with van der Waals surface area (Å²) in [5, 5.41) is 7.53. The summed E-state index contributed by atoms with van der Waals surface area (Å²) in [6, 6.07) is 2.29.